The van der Waals surface area contributed by atoms with Crippen LogP contribution in [-0.2, 0) is 16.0 Å². The summed E-state index contributed by atoms with van der Waals surface area (Å²) in [4.78, 5) is 20.7. The van der Waals surface area contributed by atoms with E-state index in [1.165, 1.54) is 31.2 Å². The van der Waals surface area contributed by atoms with Crippen molar-refractivity contribution in [2.45, 2.75) is 84.5 Å². The molecule has 0 radical (unpaired) electrons. The van der Waals surface area contributed by atoms with Crippen LogP contribution in [-0.4, -0.2) is 29.2 Å². The molecule has 2 rings (SSSR count). The predicted molar refractivity (Wildman–Crippen MR) is 134 cm³/mol. The van der Waals surface area contributed by atoms with Crippen LogP contribution in [0.1, 0.15) is 83.6 Å². The first-order valence-corrected chi connectivity index (χ1v) is 12.6. The number of carbonyl (C=O) groups excluding carboxylic acids is 1. The summed E-state index contributed by atoms with van der Waals surface area (Å²) in [7, 11) is 0. The molecule has 0 aliphatic heterocycles. The Hall–Kier alpha value is -2.53. The molecule has 1 aromatic carbocycles. The van der Waals surface area contributed by atoms with Gasteiger partial charge in [0.15, 0.2) is 11.6 Å². The fraction of sp³-hybridized carbons (Fsp3) is 0.536. The summed E-state index contributed by atoms with van der Waals surface area (Å²) in [6.45, 7) is 6.05. The van der Waals surface area contributed by atoms with Gasteiger partial charge in [-0.25, -0.2) is 9.97 Å². The summed E-state index contributed by atoms with van der Waals surface area (Å²) in [5.74, 6) is 0.781. The van der Waals surface area contributed by atoms with E-state index in [4.69, 9.17) is 9.47 Å². The lowest BCUT2D eigenvalue weighted by molar-refractivity contribution is -0.134. The van der Waals surface area contributed by atoms with Crippen LogP contribution in [0.5, 0.6) is 5.75 Å². The number of unbranched alkanes of at least 4 members (excludes halogenated alkanes) is 5. The van der Waals surface area contributed by atoms with Gasteiger partial charge in [0.05, 0.1) is 12.4 Å². The van der Waals surface area contributed by atoms with Gasteiger partial charge in [-0.15, -0.1) is 0 Å². The average Bonchev–Trinajstić information content (AvgIpc) is 2.84. The Kier molecular flexibility index (Phi) is 13.8. The molecular formula is C28H40N2O3. The van der Waals surface area contributed by atoms with Crippen LogP contribution in [0.4, 0.5) is 0 Å². The maximum absolute atomic E-state index is 12.0. The monoisotopic (exact) mass is 452 g/mol. The largest absolute Gasteiger partial charge is 0.423 e. The molecule has 0 aliphatic rings. The van der Waals surface area contributed by atoms with Gasteiger partial charge in [0.25, 0.3) is 0 Å². The van der Waals surface area contributed by atoms with Crippen molar-refractivity contribution in [3.63, 3.8) is 0 Å². The fourth-order valence-corrected chi connectivity index (χ4v) is 3.40. The van der Waals surface area contributed by atoms with E-state index >= 15 is 0 Å². The van der Waals surface area contributed by atoms with Crippen LogP contribution in [0, 0.1) is 0 Å². The van der Waals surface area contributed by atoms with Crippen molar-refractivity contribution in [1.82, 2.24) is 9.97 Å². The van der Waals surface area contributed by atoms with Crippen molar-refractivity contribution in [2.24, 2.45) is 0 Å². The lowest BCUT2D eigenvalue weighted by Gasteiger charge is -2.06. The first kappa shape index (κ1) is 26.7. The molecule has 0 fully saturated rings. The minimum atomic E-state index is -0.241. The number of aryl methyl sites for hydroxylation is 1. The number of esters is 1. The minimum Gasteiger partial charge on any atom is -0.423 e. The second-order valence-electron chi connectivity index (χ2n) is 8.34. The molecule has 1 heterocycles. The highest BCUT2D eigenvalue weighted by Crippen LogP contribution is 2.19. The van der Waals surface area contributed by atoms with Crippen LogP contribution in [0.2, 0.25) is 0 Å². The number of hydrogen-bond donors (Lipinski definition) is 0. The van der Waals surface area contributed by atoms with E-state index in [2.05, 4.69) is 60.2 Å². The van der Waals surface area contributed by atoms with E-state index in [1.807, 2.05) is 0 Å². The lowest BCUT2D eigenvalue weighted by Crippen LogP contribution is -2.08. The average molecular weight is 453 g/mol. The number of aromatic nitrogens is 2. The van der Waals surface area contributed by atoms with Crippen LogP contribution in [0.15, 0.2) is 48.8 Å². The first-order chi connectivity index (χ1) is 16.2. The second kappa shape index (κ2) is 17.0. The maximum Gasteiger partial charge on any atom is 0.311 e. The second-order valence-corrected chi connectivity index (χ2v) is 8.34. The third-order valence-corrected chi connectivity index (χ3v) is 5.32. The third-order valence-electron chi connectivity index (χ3n) is 5.32. The maximum atomic E-state index is 12.0. The topological polar surface area (TPSA) is 61.3 Å². The van der Waals surface area contributed by atoms with E-state index in [0.717, 1.165) is 57.3 Å². The van der Waals surface area contributed by atoms with Gasteiger partial charge in [0, 0.05) is 25.2 Å². The molecule has 33 heavy (non-hydrogen) atoms. The molecule has 5 heteroatoms. The Balaban J connectivity index is 1.69. The van der Waals surface area contributed by atoms with Crippen LogP contribution >= 0.6 is 0 Å². The van der Waals surface area contributed by atoms with Gasteiger partial charge in [-0.2, -0.15) is 0 Å². The van der Waals surface area contributed by atoms with Crippen molar-refractivity contribution in [2.75, 3.05) is 13.2 Å². The van der Waals surface area contributed by atoms with Crippen molar-refractivity contribution < 1.29 is 14.3 Å². The fourth-order valence-electron chi connectivity index (χ4n) is 3.40. The van der Waals surface area contributed by atoms with Crippen LogP contribution in [0.25, 0.3) is 11.4 Å². The van der Waals surface area contributed by atoms with Crippen molar-refractivity contribution in [3.05, 3.63) is 54.4 Å². The van der Waals surface area contributed by atoms with E-state index < -0.39 is 0 Å². The van der Waals surface area contributed by atoms with Gasteiger partial charge in [-0.1, -0.05) is 69.5 Å². The molecule has 0 amide bonds. The number of nitrogens with zero attached hydrogens (tertiary/aromatic N) is 2. The highest BCUT2D eigenvalue weighted by molar-refractivity contribution is 5.72. The van der Waals surface area contributed by atoms with Crippen molar-refractivity contribution in [1.29, 1.82) is 0 Å². The van der Waals surface area contributed by atoms with E-state index in [9.17, 15) is 4.79 Å². The molecule has 0 unspecified atom stereocenters. The highest BCUT2D eigenvalue weighted by atomic mass is 16.5. The van der Waals surface area contributed by atoms with Crippen molar-refractivity contribution >= 4 is 5.97 Å². The molecule has 0 aliphatic carbocycles. The van der Waals surface area contributed by atoms with Gasteiger partial charge < -0.3 is 9.47 Å². The zero-order chi connectivity index (χ0) is 23.6. The molecular weight excluding hydrogens is 412 g/mol. The van der Waals surface area contributed by atoms with Gasteiger partial charge in [-0.3, -0.25) is 4.79 Å². The number of ether oxygens (including phenoxy) is 2. The molecule has 180 valence electrons. The third kappa shape index (κ3) is 11.8. The number of allylic oxidation sites excluding steroid dienone is 2. The SMILES string of the molecule is CCCCC=CCCCC(=O)Oc1cnc(-c2ccc(CCCCCOCCC)cc2)nc1. The first-order valence-electron chi connectivity index (χ1n) is 12.6. The Labute approximate surface area is 199 Å². The molecule has 0 saturated carbocycles. The summed E-state index contributed by atoms with van der Waals surface area (Å²) in [5.41, 5.74) is 2.28. The number of hydrogen-bond acceptors (Lipinski definition) is 5. The van der Waals surface area contributed by atoms with Gasteiger partial charge in [-0.05, 0) is 50.5 Å². The van der Waals surface area contributed by atoms with Gasteiger partial charge in [0.1, 0.15) is 0 Å². The normalized spacial score (nSPS) is 11.2. The molecule has 0 N–H and O–H groups in total. The van der Waals surface area contributed by atoms with Gasteiger partial charge >= 0.3 is 5.97 Å². The summed E-state index contributed by atoms with van der Waals surface area (Å²) in [5, 5.41) is 0. The van der Waals surface area contributed by atoms with E-state index in [-0.39, 0.29) is 5.97 Å². The minimum absolute atomic E-state index is 0.241. The zero-order valence-electron chi connectivity index (χ0n) is 20.4. The molecule has 5 nitrogen and oxygen atoms in total. The van der Waals surface area contributed by atoms with Crippen molar-refractivity contribution in [3.8, 4) is 17.1 Å². The molecule has 1 aromatic heterocycles. The summed E-state index contributed by atoms with van der Waals surface area (Å²) >= 11 is 0. The van der Waals surface area contributed by atoms with Gasteiger partial charge in [0.2, 0.25) is 0 Å². The molecule has 0 bridgehead atoms. The Morgan fingerprint density at radius 3 is 2.27 bits per heavy atom. The van der Waals surface area contributed by atoms with E-state index in [1.54, 1.807) is 12.4 Å². The number of carbonyl (C=O) groups is 1. The number of benzene rings is 1. The smallest absolute Gasteiger partial charge is 0.311 e. The predicted octanol–water partition coefficient (Wildman–Crippen LogP) is 7.11. The lowest BCUT2D eigenvalue weighted by atomic mass is 10.0. The molecule has 2 aromatic rings. The quantitative estimate of drug-likeness (QED) is 0.145. The van der Waals surface area contributed by atoms with Crippen LogP contribution in [0.3, 0.4) is 0 Å². The zero-order valence-corrected chi connectivity index (χ0v) is 20.4. The van der Waals surface area contributed by atoms with Crippen LogP contribution < -0.4 is 4.74 Å². The Bertz CT molecular complexity index is 801. The Morgan fingerprint density at radius 2 is 1.58 bits per heavy atom. The number of rotatable bonds is 17. The molecule has 0 atom stereocenters. The molecule has 0 saturated heterocycles. The summed E-state index contributed by atoms with van der Waals surface area (Å²) < 4.78 is 10.9. The highest BCUT2D eigenvalue weighted by Gasteiger charge is 2.07. The summed E-state index contributed by atoms with van der Waals surface area (Å²) in [6, 6.07) is 8.37. The van der Waals surface area contributed by atoms with E-state index in [0.29, 0.717) is 18.0 Å². The summed E-state index contributed by atoms with van der Waals surface area (Å²) in [6.07, 6.45) is 18.7. The Morgan fingerprint density at radius 1 is 0.848 bits per heavy atom. The molecule has 0 spiro atoms. The standard InChI is InChI=1S/C28H40N2O3/c1-3-5-6-7-8-9-12-15-27(31)33-26-22-29-28(30-23-26)25-18-16-24(17-19-25)14-11-10-13-21-32-20-4-2/h7-8,16-19,22-23H,3-6,9-15,20-21H2,1-2H3.